The molecule has 0 aliphatic rings. The SMILES string of the molecule is CC(C)N(CC(=O)Nc1ccc(F)cc1F)Cc1ccccc1. The molecule has 0 aromatic heterocycles. The van der Waals surface area contributed by atoms with Crippen molar-refractivity contribution in [2.45, 2.75) is 26.4 Å². The van der Waals surface area contributed by atoms with Gasteiger partial charge in [0, 0.05) is 18.7 Å². The molecule has 2 aromatic carbocycles. The normalized spacial score (nSPS) is 11.0. The molecule has 0 aliphatic carbocycles. The number of benzene rings is 2. The van der Waals surface area contributed by atoms with Crippen LogP contribution in [0.3, 0.4) is 0 Å². The van der Waals surface area contributed by atoms with Gasteiger partial charge in [-0.2, -0.15) is 0 Å². The molecule has 3 nitrogen and oxygen atoms in total. The summed E-state index contributed by atoms with van der Waals surface area (Å²) in [5.74, 6) is -1.79. The van der Waals surface area contributed by atoms with Gasteiger partial charge in [0.25, 0.3) is 0 Å². The van der Waals surface area contributed by atoms with E-state index in [1.807, 2.05) is 49.1 Å². The average molecular weight is 318 g/mol. The minimum absolute atomic E-state index is 0.0141. The molecule has 0 fully saturated rings. The van der Waals surface area contributed by atoms with E-state index in [0.29, 0.717) is 6.54 Å². The van der Waals surface area contributed by atoms with E-state index >= 15 is 0 Å². The third-order valence-electron chi connectivity index (χ3n) is 3.51. The topological polar surface area (TPSA) is 32.3 Å². The minimum Gasteiger partial charge on any atom is -0.322 e. The number of carbonyl (C=O) groups excluding carboxylic acids is 1. The van der Waals surface area contributed by atoms with E-state index < -0.39 is 11.6 Å². The van der Waals surface area contributed by atoms with Crippen molar-refractivity contribution in [1.29, 1.82) is 0 Å². The Kier molecular flexibility index (Phi) is 5.82. The first-order valence-electron chi connectivity index (χ1n) is 7.48. The highest BCUT2D eigenvalue weighted by Gasteiger charge is 2.16. The Morgan fingerprint density at radius 1 is 1.13 bits per heavy atom. The molecular weight excluding hydrogens is 298 g/mol. The Balaban J connectivity index is 2.00. The lowest BCUT2D eigenvalue weighted by Crippen LogP contribution is -2.37. The van der Waals surface area contributed by atoms with Crippen LogP contribution < -0.4 is 5.32 Å². The van der Waals surface area contributed by atoms with Crippen LogP contribution in [0.4, 0.5) is 14.5 Å². The maximum Gasteiger partial charge on any atom is 0.238 e. The van der Waals surface area contributed by atoms with Gasteiger partial charge in [0.2, 0.25) is 5.91 Å². The Morgan fingerprint density at radius 3 is 2.43 bits per heavy atom. The number of anilines is 1. The zero-order chi connectivity index (χ0) is 16.8. The van der Waals surface area contributed by atoms with Crippen molar-refractivity contribution in [3.8, 4) is 0 Å². The molecule has 0 saturated carbocycles. The largest absolute Gasteiger partial charge is 0.322 e. The van der Waals surface area contributed by atoms with Gasteiger partial charge in [-0.25, -0.2) is 8.78 Å². The van der Waals surface area contributed by atoms with Gasteiger partial charge >= 0.3 is 0 Å². The van der Waals surface area contributed by atoms with E-state index in [2.05, 4.69) is 5.32 Å². The molecular formula is C18H20F2N2O. The highest BCUT2D eigenvalue weighted by molar-refractivity contribution is 5.92. The summed E-state index contributed by atoms with van der Waals surface area (Å²) in [4.78, 5) is 14.1. The predicted octanol–water partition coefficient (Wildman–Crippen LogP) is 3.81. The second-order valence-electron chi connectivity index (χ2n) is 5.66. The van der Waals surface area contributed by atoms with Gasteiger partial charge in [-0.05, 0) is 31.5 Å². The van der Waals surface area contributed by atoms with Gasteiger partial charge in [0.05, 0.1) is 12.2 Å². The van der Waals surface area contributed by atoms with Gasteiger partial charge in [0.1, 0.15) is 11.6 Å². The van der Waals surface area contributed by atoms with Crippen molar-refractivity contribution < 1.29 is 13.6 Å². The van der Waals surface area contributed by atoms with E-state index in [0.717, 1.165) is 17.7 Å². The van der Waals surface area contributed by atoms with E-state index in [-0.39, 0.29) is 24.2 Å². The fraction of sp³-hybridized carbons (Fsp3) is 0.278. The molecule has 0 spiro atoms. The molecule has 1 N–H and O–H groups in total. The Labute approximate surface area is 134 Å². The molecule has 0 bridgehead atoms. The summed E-state index contributed by atoms with van der Waals surface area (Å²) in [6, 6.07) is 13.1. The Morgan fingerprint density at radius 2 is 1.83 bits per heavy atom. The zero-order valence-electron chi connectivity index (χ0n) is 13.2. The molecule has 0 saturated heterocycles. The highest BCUT2D eigenvalue weighted by Crippen LogP contribution is 2.15. The molecule has 1 amide bonds. The van der Waals surface area contributed by atoms with E-state index in [9.17, 15) is 13.6 Å². The third-order valence-corrected chi connectivity index (χ3v) is 3.51. The van der Waals surface area contributed by atoms with Crippen LogP contribution in [0.25, 0.3) is 0 Å². The van der Waals surface area contributed by atoms with Crippen LogP contribution >= 0.6 is 0 Å². The number of hydrogen-bond acceptors (Lipinski definition) is 2. The van der Waals surface area contributed by atoms with Crippen molar-refractivity contribution >= 4 is 11.6 Å². The van der Waals surface area contributed by atoms with Crippen molar-refractivity contribution in [2.24, 2.45) is 0 Å². The highest BCUT2D eigenvalue weighted by atomic mass is 19.1. The van der Waals surface area contributed by atoms with Gasteiger partial charge < -0.3 is 5.32 Å². The molecule has 23 heavy (non-hydrogen) atoms. The first-order valence-corrected chi connectivity index (χ1v) is 7.48. The van der Waals surface area contributed by atoms with Crippen LogP contribution in [-0.2, 0) is 11.3 Å². The van der Waals surface area contributed by atoms with Crippen LogP contribution in [0, 0.1) is 11.6 Å². The fourth-order valence-electron chi connectivity index (χ4n) is 2.20. The van der Waals surface area contributed by atoms with Crippen molar-refractivity contribution in [3.63, 3.8) is 0 Å². The van der Waals surface area contributed by atoms with Crippen LogP contribution in [0.1, 0.15) is 19.4 Å². The maximum absolute atomic E-state index is 13.6. The summed E-state index contributed by atoms with van der Waals surface area (Å²) in [7, 11) is 0. The number of rotatable bonds is 6. The maximum atomic E-state index is 13.6. The Hall–Kier alpha value is -2.27. The van der Waals surface area contributed by atoms with Crippen LogP contribution in [-0.4, -0.2) is 23.4 Å². The molecule has 2 rings (SSSR count). The quantitative estimate of drug-likeness (QED) is 0.878. The van der Waals surface area contributed by atoms with Gasteiger partial charge in [-0.3, -0.25) is 9.69 Å². The van der Waals surface area contributed by atoms with Crippen LogP contribution in [0.5, 0.6) is 0 Å². The number of carbonyl (C=O) groups is 1. The van der Waals surface area contributed by atoms with Crippen molar-refractivity contribution in [3.05, 3.63) is 65.7 Å². The summed E-state index contributed by atoms with van der Waals surface area (Å²) in [6.45, 7) is 4.74. The minimum atomic E-state index is -0.780. The molecule has 0 heterocycles. The molecule has 5 heteroatoms. The summed E-state index contributed by atoms with van der Waals surface area (Å²) in [5.41, 5.74) is 1.08. The van der Waals surface area contributed by atoms with E-state index in [1.165, 1.54) is 6.07 Å². The molecule has 2 aromatic rings. The lowest BCUT2D eigenvalue weighted by Gasteiger charge is -2.26. The van der Waals surface area contributed by atoms with E-state index in [1.54, 1.807) is 0 Å². The van der Waals surface area contributed by atoms with Crippen molar-refractivity contribution in [1.82, 2.24) is 4.90 Å². The first kappa shape index (κ1) is 17.1. The molecule has 0 aliphatic heterocycles. The second kappa shape index (κ2) is 7.83. The summed E-state index contributed by atoms with van der Waals surface area (Å²) >= 11 is 0. The second-order valence-corrected chi connectivity index (χ2v) is 5.66. The van der Waals surface area contributed by atoms with E-state index in [4.69, 9.17) is 0 Å². The molecule has 0 unspecified atom stereocenters. The van der Waals surface area contributed by atoms with Gasteiger partial charge in [-0.15, -0.1) is 0 Å². The summed E-state index contributed by atoms with van der Waals surface area (Å²) in [6.07, 6.45) is 0. The summed E-state index contributed by atoms with van der Waals surface area (Å²) in [5, 5.41) is 2.49. The number of nitrogens with zero attached hydrogens (tertiary/aromatic N) is 1. The monoisotopic (exact) mass is 318 g/mol. The lowest BCUT2D eigenvalue weighted by molar-refractivity contribution is -0.117. The number of halogens is 2. The van der Waals surface area contributed by atoms with Gasteiger partial charge in [-0.1, -0.05) is 30.3 Å². The molecule has 0 atom stereocenters. The Bertz CT molecular complexity index is 659. The number of nitrogens with one attached hydrogen (secondary N) is 1. The fourth-order valence-corrected chi connectivity index (χ4v) is 2.20. The summed E-state index contributed by atoms with van der Waals surface area (Å²) < 4.78 is 26.5. The lowest BCUT2D eigenvalue weighted by atomic mass is 10.2. The number of hydrogen-bond donors (Lipinski definition) is 1. The first-order chi connectivity index (χ1) is 11.0. The standard InChI is InChI=1S/C18H20F2N2O/c1-13(2)22(11-14-6-4-3-5-7-14)12-18(23)21-17-9-8-15(19)10-16(17)20/h3-10,13H,11-12H2,1-2H3,(H,21,23). The van der Waals surface area contributed by atoms with Crippen LogP contribution in [0.2, 0.25) is 0 Å². The van der Waals surface area contributed by atoms with Crippen LogP contribution in [0.15, 0.2) is 48.5 Å². The predicted molar refractivity (Wildman–Crippen MR) is 87.0 cm³/mol. The van der Waals surface area contributed by atoms with Crippen molar-refractivity contribution in [2.75, 3.05) is 11.9 Å². The average Bonchev–Trinajstić information content (AvgIpc) is 2.50. The zero-order valence-corrected chi connectivity index (χ0v) is 13.2. The third kappa shape index (κ3) is 5.14. The number of amides is 1. The van der Waals surface area contributed by atoms with Gasteiger partial charge in [0.15, 0.2) is 0 Å². The molecule has 122 valence electrons. The smallest absolute Gasteiger partial charge is 0.238 e. The molecule has 0 radical (unpaired) electrons.